The van der Waals surface area contributed by atoms with Crippen LogP contribution in [0.1, 0.15) is 28.3 Å². The van der Waals surface area contributed by atoms with Gasteiger partial charge in [-0.2, -0.15) is 0 Å². The highest BCUT2D eigenvalue weighted by Crippen LogP contribution is 2.30. The van der Waals surface area contributed by atoms with Crippen molar-refractivity contribution in [3.05, 3.63) is 70.1 Å². The van der Waals surface area contributed by atoms with Crippen molar-refractivity contribution in [3.8, 4) is 0 Å². The van der Waals surface area contributed by atoms with E-state index < -0.39 is 0 Å². The number of hydrogen-bond acceptors (Lipinski definition) is 3. The third-order valence-electron chi connectivity index (χ3n) is 3.81. The van der Waals surface area contributed by atoms with Crippen LogP contribution in [0.2, 0.25) is 0 Å². The number of fused-ring (bicyclic) bond motifs is 1. The molecule has 1 unspecified atom stereocenters. The van der Waals surface area contributed by atoms with Gasteiger partial charge in [-0.1, -0.05) is 47.5 Å². The number of hydrazine groups is 1. The topological polar surface area (TPSA) is 38.0 Å². The Hall–Kier alpha value is -1.68. The second kappa shape index (κ2) is 5.98. The summed E-state index contributed by atoms with van der Waals surface area (Å²) in [5, 5.41) is 3.43. The summed E-state index contributed by atoms with van der Waals surface area (Å²) in [6.45, 7) is 4.28. The summed E-state index contributed by atoms with van der Waals surface area (Å²) in [6.07, 6.45) is 0.899. The molecule has 3 N–H and O–H groups in total. The lowest BCUT2D eigenvalue weighted by Gasteiger charge is -2.18. The van der Waals surface area contributed by atoms with E-state index in [0.29, 0.717) is 0 Å². The number of nitrogens with two attached hydrogens (primary N) is 1. The molecular formula is C18H20N2S. The largest absolute Gasteiger partial charge is 0.271 e. The molecular weight excluding hydrogens is 276 g/mol. The van der Waals surface area contributed by atoms with Gasteiger partial charge in [-0.3, -0.25) is 11.3 Å². The normalized spacial score (nSPS) is 12.7. The van der Waals surface area contributed by atoms with Crippen LogP contribution in [-0.2, 0) is 6.42 Å². The second-order valence-corrected chi connectivity index (χ2v) is 6.52. The van der Waals surface area contributed by atoms with E-state index in [2.05, 4.69) is 67.1 Å². The van der Waals surface area contributed by atoms with Crippen molar-refractivity contribution in [2.24, 2.45) is 5.84 Å². The van der Waals surface area contributed by atoms with Crippen LogP contribution in [0, 0.1) is 13.8 Å². The Morgan fingerprint density at radius 1 is 1.10 bits per heavy atom. The molecule has 21 heavy (non-hydrogen) atoms. The molecule has 0 radical (unpaired) electrons. The van der Waals surface area contributed by atoms with Crippen LogP contribution in [0.3, 0.4) is 0 Å². The molecule has 0 aliphatic carbocycles. The van der Waals surface area contributed by atoms with Crippen molar-refractivity contribution in [2.75, 3.05) is 0 Å². The SMILES string of the molecule is Cc1cc(C)cc(CC(NN)c2cccc3ccsc23)c1. The minimum absolute atomic E-state index is 0.133. The average Bonchev–Trinajstić information content (AvgIpc) is 2.92. The van der Waals surface area contributed by atoms with E-state index in [4.69, 9.17) is 5.84 Å². The lowest BCUT2D eigenvalue weighted by Crippen LogP contribution is -2.29. The van der Waals surface area contributed by atoms with Gasteiger partial charge >= 0.3 is 0 Å². The molecule has 1 aromatic heterocycles. The molecule has 1 atom stereocenters. The Balaban J connectivity index is 1.96. The lowest BCUT2D eigenvalue weighted by atomic mass is 9.96. The fourth-order valence-corrected chi connectivity index (χ4v) is 3.94. The summed E-state index contributed by atoms with van der Waals surface area (Å²) in [7, 11) is 0. The molecule has 0 aliphatic rings. The van der Waals surface area contributed by atoms with Gasteiger partial charge in [0.25, 0.3) is 0 Å². The van der Waals surface area contributed by atoms with Crippen LogP contribution in [-0.4, -0.2) is 0 Å². The zero-order chi connectivity index (χ0) is 14.8. The first kappa shape index (κ1) is 14.3. The highest BCUT2D eigenvalue weighted by molar-refractivity contribution is 7.17. The van der Waals surface area contributed by atoms with Crippen LogP contribution in [0.25, 0.3) is 10.1 Å². The minimum atomic E-state index is 0.133. The summed E-state index contributed by atoms with van der Waals surface area (Å²) in [5.74, 6) is 5.84. The molecule has 0 fully saturated rings. The molecule has 0 spiro atoms. The minimum Gasteiger partial charge on any atom is -0.271 e. The van der Waals surface area contributed by atoms with E-state index in [1.165, 1.54) is 32.3 Å². The van der Waals surface area contributed by atoms with Gasteiger partial charge in [0.05, 0.1) is 6.04 Å². The first-order chi connectivity index (χ1) is 10.2. The van der Waals surface area contributed by atoms with Gasteiger partial charge in [-0.15, -0.1) is 11.3 Å². The molecule has 3 rings (SSSR count). The monoisotopic (exact) mass is 296 g/mol. The van der Waals surface area contributed by atoms with E-state index in [0.717, 1.165) is 6.42 Å². The number of rotatable bonds is 4. The van der Waals surface area contributed by atoms with Gasteiger partial charge in [0.1, 0.15) is 0 Å². The maximum Gasteiger partial charge on any atom is 0.0514 e. The Morgan fingerprint density at radius 3 is 2.57 bits per heavy atom. The maximum atomic E-state index is 5.84. The first-order valence-electron chi connectivity index (χ1n) is 7.17. The molecule has 0 saturated heterocycles. The molecule has 3 heteroatoms. The Labute approximate surface area is 129 Å². The lowest BCUT2D eigenvalue weighted by molar-refractivity contribution is 0.556. The van der Waals surface area contributed by atoms with Gasteiger partial charge in [0, 0.05) is 4.70 Å². The molecule has 3 aromatic rings. The number of benzene rings is 2. The number of thiophene rings is 1. The van der Waals surface area contributed by atoms with Crippen LogP contribution in [0.15, 0.2) is 47.8 Å². The summed E-state index contributed by atoms with van der Waals surface area (Å²) >= 11 is 1.78. The Kier molecular flexibility index (Phi) is 4.06. The zero-order valence-electron chi connectivity index (χ0n) is 12.4. The van der Waals surface area contributed by atoms with Crippen molar-refractivity contribution in [1.29, 1.82) is 0 Å². The molecule has 108 valence electrons. The molecule has 2 aromatic carbocycles. The summed E-state index contributed by atoms with van der Waals surface area (Å²) in [5.41, 5.74) is 8.20. The fraction of sp³-hybridized carbons (Fsp3) is 0.222. The van der Waals surface area contributed by atoms with Gasteiger partial charge in [0.15, 0.2) is 0 Å². The summed E-state index contributed by atoms with van der Waals surface area (Å²) < 4.78 is 1.32. The quantitative estimate of drug-likeness (QED) is 0.557. The van der Waals surface area contributed by atoms with Gasteiger partial charge in [0.2, 0.25) is 0 Å². The van der Waals surface area contributed by atoms with Crippen molar-refractivity contribution in [1.82, 2.24) is 5.43 Å². The number of hydrogen-bond donors (Lipinski definition) is 2. The smallest absolute Gasteiger partial charge is 0.0514 e. The van der Waals surface area contributed by atoms with Crippen molar-refractivity contribution < 1.29 is 0 Å². The van der Waals surface area contributed by atoms with E-state index in [9.17, 15) is 0 Å². The van der Waals surface area contributed by atoms with Crippen LogP contribution < -0.4 is 11.3 Å². The van der Waals surface area contributed by atoms with Crippen molar-refractivity contribution in [3.63, 3.8) is 0 Å². The molecule has 0 bridgehead atoms. The standard InChI is InChI=1S/C18H20N2S/c1-12-8-13(2)10-14(9-12)11-17(20-19)16-5-3-4-15-6-7-21-18(15)16/h3-10,17,20H,11,19H2,1-2H3. The summed E-state index contributed by atoms with van der Waals surface area (Å²) in [4.78, 5) is 0. The highest BCUT2D eigenvalue weighted by atomic mass is 32.1. The van der Waals surface area contributed by atoms with Crippen LogP contribution in [0.5, 0.6) is 0 Å². The number of nitrogens with one attached hydrogen (secondary N) is 1. The first-order valence-corrected chi connectivity index (χ1v) is 8.05. The van der Waals surface area contributed by atoms with Gasteiger partial charge in [-0.25, -0.2) is 0 Å². The van der Waals surface area contributed by atoms with E-state index in [1.807, 2.05) is 0 Å². The molecule has 0 amide bonds. The maximum absolute atomic E-state index is 5.84. The van der Waals surface area contributed by atoms with Gasteiger partial charge < -0.3 is 0 Å². The van der Waals surface area contributed by atoms with E-state index >= 15 is 0 Å². The van der Waals surface area contributed by atoms with Gasteiger partial charge in [-0.05, 0) is 48.2 Å². The Morgan fingerprint density at radius 2 is 1.86 bits per heavy atom. The van der Waals surface area contributed by atoms with E-state index in [1.54, 1.807) is 11.3 Å². The third kappa shape index (κ3) is 3.00. The third-order valence-corrected chi connectivity index (χ3v) is 4.79. The fourth-order valence-electron chi connectivity index (χ4n) is 2.97. The predicted molar refractivity (Wildman–Crippen MR) is 91.5 cm³/mol. The highest BCUT2D eigenvalue weighted by Gasteiger charge is 2.14. The van der Waals surface area contributed by atoms with E-state index in [-0.39, 0.29) is 6.04 Å². The van der Waals surface area contributed by atoms with Crippen molar-refractivity contribution in [2.45, 2.75) is 26.3 Å². The zero-order valence-corrected chi connectivity index (χ0v) is 13.2. The molecule has 2 nitrogen and oxygen atoms in total. The molecule has 0 aliphatic heterocycles. The number of aryl methyl sites for hydroxylation is 2. The van der Waals surface area contributed by atoms with Crippen LogP contribution >= 0.6 is 11.3 Å². The molecule has 1 heterocycles. The Bertz CT molecular complexity index is 741. The molecule has 0 saturated carbocycles. The predicted octanol–water partition coefficient (Wildman–Crippen LogP) is 4.27. The second-order valence-electron chi connectivity index (χ2n) is 5.61. The van der Waals surface area contributed by atoms with Crippen LogP contribution in [0.4, 0.5) is 0 Å². The van der Waals surface area contributed by atoms with Crippen molar-refractivity contribution >= 4 is 21.4 Å². The average molecular weight is 296 g/mol. The summed E-state index contributed by atoms with van der Waals surface area (Å²) in [6, 6.07) is 15.4.